The standard InChI is InChI=1S/C21H24N4O4S2/c1-12-8-14(31(28,29)24(3)4)9-16(13(12)2)23-18(26)10-25-11-22-20-19(21(25)27)15-6-5-7-17(15)30-20/h8-9,11H,5-7,10H2,1-4H3,(H,23,26). The number of anilines is 1. The molecule has 1 N–H and O–H groups in total. The van der Waals surface area contributed by atoms with Gasteiger partial charge in [0.05, 0.1) is 16.6 Å². The van der Waals surface area contributed by atoms with Gasteiger partial charge in [0.2, 0.25) is 15.9 Å². The number of benzene rings is 1. The number of carbonyl (C=O) groups excluding carboxylic acids is 1. The Morgan fingerprint density at radius 2 is 2.00 bits per heavy atom. The lowest BCUT2D eigenvalue weighted by molar-refractivity contribution is -0.116. The van der Waals surface area contributed by atoms with Gasteiger partial charge in [-0.15, -0.1) is 11.3 Å². The van der Waals surface area contributed by atoms with Crippen molar-refractivity contribution in [3.05, 3.63) is 50.4 Å². The van der Waals surface area contributed by atoms with Crippen LogP contribution in [0.5, 0.6) is 0 Å². The van der Waals surface area contributed by atoms with E-state index < -0.39 is 15.9 Å². The molecule has 0 radical (unpaired) electrons. The van der Waals surface area contributed by atoms with Gasteiger partial charge in [-0.05, 0) is 61.9 Å². The van der Waals surface area contributed by atoms with Crippen LogP contribution in [0.3, 0.4) is 0 Å². The molecule has 0 spiro atoms. The lowest BCUT2D eigenvalue weighted by Gasteiger charge is -2.16. The summed E-state index contributed by atoms with van der Waals surface area (Å²) in [7, 11) is -0.730. The Kier molecular flexibility index (Phi) is 5.48. The molecular formula is C21H24N4O4S2. The highest BCUT2D eigenvalue weighted by Crippen LogP contribution is 2.34. The van der Waals surface area contributed by atoms with E-state index in [1.54, 1.807) is 24.3 Å². The minimum absolute atomic E-state index is 0.102. The molecule has 1 aliphatic carbocycles. The van der Waals surface area contributed by atoms with E-state index in [-0.39, 0.29) is 17.0 Å². The Bertz CT molecular complexity index is 1370. The zero-order chi connectivity index (χ0) is 22.5. The fourth-order valence-corrected chi connectivity index (χ4v) is 6.03. The molecule has 0 atom stereocenters. The van der Waals surface area contributed by atoms with Gasteiger partial charge in [0, 0.05) is 24.7 Å². The third-order valence-electron chi connectivity index (χ3n) is 5.70. The molecule has 164 valence electrons. The number of nitrogens with one attached hydrogen (secondary N) is 1. The van der Waals surface area contributed by atoms with Gasteiger partial charge in [0.1, 0.15) is 11.4 Å². The van der Waals surface area contributed by atoms with Crippen LogP contribution in [0.25, 0.3) is 10.2 Å². The number of sulfonamides is 1. The summed E-state index contributed by atoms with van der Waals surface area (Å²) in [6.07, 6.45) is 4.28. The molecule has 2 heterocycles. The quantitative estimate of drug-likeness (QED) is 0.630. The zero-order valence-corrected chi connectivity index (χ0v) is 19.5. The number of rotatable bonds is 5. The molecule has 1 amide bonds. The minimum atomic E-state index is -3.65. The first-order chi connectivity index (χ1) is 14.6. The van der Waals surface area contributed by atoms with Crippen molar-refractivity contribution < 1.29 is 13.2 Å². The van der Waals surface area contributed by atoms with Crippen LogP contribution < -0.4 is 10.9 Å². The summed E-state index contributed by atoms with van der Waals surface area (Å²) in [6, 6.07) is 3.03. The number of hydrogen-bond donors (Lipinski definition) is 1. The van der Waals surface area contributed by atoms with Gasteiger partial charge in [-0.3, -0.25) is 14.2 Å². The Labute approximate surface area is 184 Å². The number of amides is 1. The summed E-state index contributed by atoms with van der Waals surface area (Å²) < 4.78 is 27.5. The van der Waals surface area contributed by atoms with Crippen molar-refractivity contribution in [1.29, 1.82) is 0 Å². The van der Waals surface area contributed by atoms with E-state index in [9.17, 15) is 18.0 Å². The molecule has 4 rings (SSSR count). The molecule has 8 nitrogen and oxygen atoms in total. The third-order valence-corrected chi connectivity index (χ3v) is 8.69. The number of thiophene rings is 1. The van der Waals surface area contributed by atoms with Crippen LogP contribution in [0.4, 0.5) is 5.69 Å². The molecule has 0 aliphatic heterocycles. The van der Waals surface area contributed by atoms with E-state index in [0.29, 0.717) is 11.1 Å². The van der Waals surface area contributed by atoms with Gasteiger partial charge in [-0.1, -0.05) is 0 Å². The van der Waals surface area contributed by atoms with Crippen LogP contribution in [0, 0.1) is 13.8 Å². The average Bonchev–Trinajstić information content (AvgIpc) is 3.28. The highest BCUT2D eigenvalue weighted by molar-refractivity contribution is 7.89. The van der Waals surface area contributed by atoms with E-state index in [2.05, 4.69) is 10.3 Å². The van der Waals surface area contributed by atoms with E-state index in [1.807, 2.05) is 6.92 Å². The predicted octanol–water partition coefficient (Wildman–Crippen LogP) is 2.45. The fraction of sp³-hybridized carbons (Fsp3) is 0.381. The van der Waals surface area contributed by atoms with Gasteiger partial charge < -0.3 is 5.32 Å². The number of aromatic nitrogens is 2. The van der Waals surface area contributed by atoms with E-state index in [4.69, 9.17) is 0 Å². The molecule has 2 aromatic heterocycles. The molecule has 10 heteroatoms. The second-order valence-electron chi connectivity index (χ2n) is 7.96. The summed E-state index contributed by atoms with van der Waals surface area (Å²) >= 11 is 1.55. The Balaban J connectivity index is 1.63. The van der Waals surface area contributed by atoms with Crippen LogP contribution in [0.2, 0.25) is 0 Å². The Morgan fingerprint density at radius 3 is 2.71 bits per heavy atom. The maximum absolute atomic E-state index is 13.0. The second-order valence-corrected chi connectivity index (χ2v) is 11.2. The van der Waals surface area contributed by atoms with Crippen LogP contribution in [-0.2, 0) is 34.2 Å². The summed E-state index contributed by atoms with van der Waals surface area (Å²) in [5.74, 6) is -0.419. The van der Waals surface area contributed by atoms with Crippen LogP contribution in [-0.4, -0.2) is 42.3 Å². The molecule has 31 heavy (non-hydrogen) atoms. The van der Waals surface area contributed by atoms with Crippen LogP contribution >= 0.6 is 11.3 Å². The monoisotopic (exact) mass is 460 g/mol. The number of nitrogens with zero attached hydrogens (tertiary/aromatic N) is 3. The Hall–Kier alpha value is -2.56. The van der Waals surface area contributed by atoms with E-state index in [1.165, 1.54) is 35.9 Å². The predicted molar refractivity (Wildman–Crippen MR) is 121 cm³/mol. The number of hydrogen-bond acceptors (Lipinski definition) is 6. The van der Waals surface area contributed by atoms with Crippen molar-refractivity contribution in [2.24, 2.45) is 0 Å². The first-order valence-corrected chi connectivity index (χ1v) is 12.2. The number of fused-ring (bicyclic) bond motifs is 3. The van der Waals surface area contributed by atoms with Crippen molar-refractivity contribution in [3.8, 4) is 0 Å². The molecule has 1 aliphatic rings. The summed E-state index contributed by atoms with van der Waals surface area (Å²) in [5.41, 5.74) is 2.77. The van der Waals surface area contributed by atoms with Crippen molar-refractivity contribution in [2.75, 3.05) is 19.4 Å². The molecule has 0 saturated heterocycles. The average molecular weight is 461 g/mol. The van der Waals surface area contributed by atoms with Gasteiger partial charge >= 0.3 is 0 Å². The lowest BCUT2D eigenvalue weighted by Crippen LogP contribution is -2.28. The Morgan fingerprint density at radius 1 is 1.26 bits per heavy atom. The maximum atomic E-state index is 13.0. The maximum Gasteiger partial charge on any atom is 0.262 e. The third kappa shape index (κ3) is 3.79. The van der Waals surface area contributed by atoms with Gasteiger partial charge in [0.15, 0.2) is 0 Å². The number of aryl methyl sites for hydroxylation is 3. The first kappa shape index (κ1) is 21.7. The second kappa shape index (κ2) is 7.85. The summed E-state index contributed by atoms with van der Waals surface area (Å²) in [6.45, 7) is 3.40. The van der Waals surface area contributed by atoms with Crippen molar-refractivity contribution >= 4 is 43.2 Å². The van der Waals surface area contributed by atoms with Crippen LogP contribution in [0.15, 0.2) is 28.2 Å². The topological polar surface area (TPSA) is 101 Å². The smallest absolute Gasteiger partial charge is 0.262 e. The largest absolute Gasteiger partial charge is 0.324 e. The highest BCUT2D eigenvalue weighted by atomic mass is 32.2. The molecule has 0 unspecified atom stereocenters. The van der Waals surface area contributed by atoms with Gasteiger partial charge in [-0.2, -0.15) is 0 Å². The normalized spacial score (nSPS) is 13.7. The molecule has 3 aromatic rings. The SMILES string of the molecule is Cc1cc(S(=O)(=O)N(C)C)cc(NC(=O)Cn2cnc3sc4c(c3c2=O)CCC4)c1C. The molecule has 0 fully saturated rings. The highest BCUT2D eigenvalue weighted by Gasteiger charge is 2.23. The number of carbonyl (C=O) groups is 1. The zero-order valence-electron chi connectivity index (χ0n) is 17.9. The van der Waals surface area contributed by atoms with Crippen molar-refractivity contribution in [3.63, 3.8) is 0 Å². The van der Waals surface area contributed by atoms with Gasteiger partial charge in [-0.25, -0.2) is 17.7 Å². The molecule has 0 bridgehead atoms. The fourth-order valence-electron chi connectivity index (χ4n) is 3.79. The molecule has 1 aromatic carbocycles. The van der Waals surface area contributed by atoms with E-state index >= 15 is 0 Å². The first-order valence-electron chi connectivity index (χ1n) is 9.93. The van der Waals surface area contributed by atoms with Crippen LogP contribution in [0.1, 0.15) is 28.0 Å². The molecule has 0 saturated carbocycles. The summed E-state index contributed by atoms with van der Waals surface area (Å²) in [5, 5.41) is 3.39. The van der Waals surface area contributed by atoms with Gasteiger partial charge in [0.25, 0.3) is 5.56 Å². The minimum Gasteiger partial charge on any atom is -0.324 e. The summed E-state index contributed by atoms with van der Waals surface area (Å²) in [4.78, 5) is 32.1. The van der Waals surface area contributed by atoms with Crippen molar-refractivity contribution in [1.82, 2.24) is 13.9 Å². The van der Waals surface area contributed by atoms with E-state index in [0.717, 1.165) is 45.1 Å². The van der Waals surface area contributed by atoms with Crippen molar-refractivity contribution in [2.45, 2.75) is 44.6 Å². The lowest BCUT2D eigenvalue weighted by atomic mass is 10.1. The molecular weight excluding hydrogens is 436 g/mol.